The van der Waals surface area contributed by atoms with Gasteiger partial charge in [-0.25, -0.2) is 9.59 Å². The number of benzene rings is 2. The first-order valence-electron chi connectivity index (χ1n) is 12.0. The monoisotopic (exact) mass is 557 g/mol. The summed E-state index contributed by atoms with van der Waals surface area (Å²) in [6.45, 7) is 4.19. The molecule has 2 aliphatic rings. The SMILES string of the molecule is NC(=O)Nc1ccccc1N1C[C@H](NC2CCN(Cc3ccc(Cl)cc3)CC2)[C@@H](O)C1.O=C(O)C(F)(F)F. The van der Waals surface area contributed by atoms with Crippen molar-refractivity contribution in [3.63, 3.8) is 0 Å². The first-order valence-corrected chi connectivity index (χ1v) is 12.4. The molecule has 0 radical (unpaired) electrons. The highest BCUT2D eigenvalue weighted by atomic mass is 35.5. The van der Waals surface area contributed by atoms with Gasteiger partial charge in [-0.05, 0) is 55.8 Å². The van der Waals surface area contributed by atoms with Crippen LogP contribution in [0.25, 0.3) is 0 Å². The molecule has 6 N–H and O–H groups in total. The molecule has 0 unspecified atom stereocenters. The standard InChI is InChI=1S/C23H30ClN5O2.C2HF3O2/c24-17-7-5-16(6-8-17)13-28-11-9-18(10-12-28)26-20-14-29(15-22(20)30)21-4-2-1-3-19(21)27-23(25)31;3-2(4,5)1(6)7/h1-8,18,20,22,26,30H,9-15H2,(H3,25,27,31);(H,6,7)/t20-,22-;/m0./s1. The van der Waals surface area contributed by atoms with Crippen molar-refractivity contribution in [3.8, 4) is 0 Å². The van der Waals surface area contributed by atoms with E-state index in [4.69, 9.17) is 27.2 Å². The van der Waals surface area contributed by atoms with Gasteiger partial charge in [-0.1, -0.05) is 35.9 Å². The number of hydrogen-bond acceptors (Lipinski definition) is 6. The molecule has 0 aromatic heterocycles. The van der Waals surface area contributed by atoms with E-state index in [0.717, 1.165) is 43.2 Å². The number of β-amino-alcohol motifs (C(OH)–C–C–N with tert-alkyl or cyclic N) is 1. The molecular weight excluding hydrogens is 527 g/mol. The molecular formula is C25H31ClF3N5O4. The number of likely N-dealkylation sites (tertiary alicyclic amines) is 1. The van der Waals surface area contributed by atoms with Crippen LogP contribution in [-0.2, 0) is 11.3 Å². The zero-order chi connectivity index (χ0) is 27.9. The number of para-hydroxylation sites is 2. The van der Waals surface area contributed by atoms with Gasteiger partial charge in [0.05, 0.1) is 23.5 Å². The second-order valence-electron chi connectivity index (χ2n) is 9.23. The van der Waals surface area contributed by atoms with Crippen LogP contribution in [0.2, 0.25) is 5.02 Å². The molecule has 38 heavy (non-hydrogen) atoms. The summed E-state index contributed by atoms with van der Waals surface area (Å²) in [5, 5.41) is 24.9. The molecule has 0 saturated carbocycles. The molecule has 2 fully saturated rings. The Morgan fingerprint density at radius 2 is 1.66 bits per heavy atom. The Labute approximate surface area is 223 Å². The molecule has 2 atom stereocenters. The molecule has 2 heterocycles. The molecule has 0 bridgehead atoms. The zero-order valence-electron chi connectivity index (χ0n) is 20.5. The number of aliphatic hydroxyl groups excluding tert-OH is 1. The van der Waals surface area contributed by atoms with Crippen LogP contribution in [0.5, 0.6) is 0 Å². The van der Waals surface area contributed by atoms with Crippen LogP contribution in [-0.4, -0.2) is 77.7 Å². The Balaban J connectivity index is 0.000000505. The normalized spacial score (nSPS) is 20.5. The van der Waals surface area contributed by atoms with E-state index in [1.807, 2.05) is 36.4 Å². The zero-order valence-corrected chi connectivity index (χ0v) is 21.3. The first kappa shape index (κ1) is 29.5. The number of rotatable bonds is 6. The van der Waals surface area contributed by atoms with Crippen LogP contribution in [0, 0.1) is 0 Å². The number of urea groups is 1. The summed E-state index contributed by atoms with van der Waals surface area (Å²) < 4.78 is 31.7. The summed E-state index contributed by atoms with van der Waals surface area (Å²) in [5.74, 6) is -2.76. The fourth-order valence-electron chi connectivity index (χ4n) is 4.54. The number of amides is 2. The van der Waals surface area contributed by atoms with E-state index in [1.165, 1.54) is 5.56 Å². The predicted molar refractivity (Wildman–Crippen MR) is 138 cm³/mol. The summed E-state index contributed by atoms with van der Waals surface area (Å²) in [7, 11) is 0. The molecule has 0 spiro atoms. The number of nitrogens with zero attached hydrogens (tertiary/aromatic N) is 2. The summed E-state index contributed by atoms with van der Waals surface area (Å²) in [6.07, 6.45) is -3.44. The largest absolute Gasteiger partial charge is 0.490 e. The lowest BCUT2D eigenvalue weighted by Gasteiger charge is -2.34. The van der Waals surface area contributed by atoms with Gasteiger partial charge in [0.25, 0.3) is 0 Å². The number of aliphatic hydroxyl groups is 1. The van der Waals surface area contributed by atoms with E-state index < -0.39 is 24.3 Å². The van der Waals surface area contributed by atoms with Crippen molar-refractivity contribution in [2.45, 2.75) is 43.8 Å². The maximum absolute atomic E-state index is 11.3. The summed E-state index contributed by atoms with van der Waals surface area (Å²) in [5.41, 5.74) is 8.12. The quantitative estimate of drug-likeness (QED) is 0.368. The summed E-state index contributed by atoms with van der Waals surface area (Å²) >= 11 is 5.98. The van der Waals surface area contributed by atoms with Crippen molar-refractivity contribution in [1.29, 1.82) is 0 Å². The first-order chi connectivity index (χ1) is 17.9. The van der Waals surface area contributed by atoms with Gasteiger partial charge in [-0.2, -0.15) is 13.2 Å². The molecule has 13 heteroatoms. The number of anilines is 2. The average Bonchev–Trinajstić information content (AvgIpc) is 3.21. The summed E-state index contributed by atoms with van der Waals surface area (Å²) in [4.78, 5) is 24.8. The number of halogens is 4. The van der Waals surface area contributed by atoms with Crippen molar-refractivity contribution in [1.82, 2.24) is 10.2 Å². The smallest absolute Gasteiger partial charge is 0.475 e. The number of nitrogens with two attached hydrogens (primary N) is 1. The number of carboxylic acid groups (broad SMARTS) is 1. The van der Waals surface area contributed by atoms with Gasteiger partial charge in [-0.3, -0.25) is 4.90 Å². The van der Waals surface area contributed by atoms with Gasteiger partial charge < -0.3 is 31.5 Å². The predicted octanol–water partition coefficient (Wildman–Crippen LogP) is 3.27. The molecule has 208 valence electrons. The molecule has 2 saturated heterocycles. The number of aliphatic carboxylic acids is 1. The molecule has 2 aromatic rings. The van der Waals surface area contributed by atoms with Crippen molar-refractivity contribution in [3.05, 3.63) is 59.1 Å². The maximum atomic E-state index is 11.3. The molecule has 0 aliphatic carbocycles. The minimum absolute atomic E-state index is 0.00514. The number of carboxylic acids is 1. The Morgan fingerprint density at radius 3 is 2.24 bits per heavy atom. The highest BCUT2D eigenvalue weighted by molar-refractivity contribution is 6.30. The van der Waals surface area contributed by atoms with Crippen molar-refractivity contribution < 1.29 is 33.0 Å². The van der Waals surface area contributed by atoms with E-state index in [-0.39, 0.29) is 6.04 Å². The van der Waals surface area contributed by atoms with Crippen molar-refractivity contribution in [2.24, 2.45) is 5.73 Å². The molecule has 2 aliphatic heterocycles. The number of hydrogen-bond donors (Lipinski definition) is 5. The molecule has 2 aromatic carbocycles. The van der Waals surface area contributed by atoms with Gasteiger partial charge in [0.2, 0.25) is 0 Å². The van der Waals surface area contributed by atoms with E-state index in [9.17, 15) is 23.1 Å². The molecule has 4 rings (SSSR count). The molecule has 9 nitrogen and oxygen atoms in total. The van der Waals surface area contributed by atoms with Crippen LogP contribution in [0.1, 0.15) is 18.4 Å². The van der Waals surface area contributed by atoms with Gasteiger partial charge in [0.15, 0.2) is 0 Å². The van der Waals surface area contributed by atoms with Gasteiger partial charge in [-0.15, -0.1) is 0 Å². The van der Waals surface area contributed by atoms with Crippen LogP contribution >= 0.6 is 11.6 Å². The van der Waals surface area contributed by atoms with Crippen LogP contribution in [0.3, 0.4) is 0 Å². The highest BCUT2D eigenvalue weighted by Gasteiger charge is 2.38. The lowest BCUT2D eigenvalue weighted by Crippen LogP contribution is -2.49. The van der Waals surface area contributed by atoms with E-state index in [2.05, 4.69) is 32.6 Å². The number of piperidine rings is 1. The van der Waals surface area contributed by atoms with Gasteiger partial charge in [0, 0.05) is 30.7 Å². The second kappa shape index (κ2) is 13.1. The molecule has 2 amide bonds. The Morgan fingerprint density at radius 1 is 1.05 bits per heavy atom. The average molecular weight is 558 g/mol. The number of alkyl halides is 3. The lowest BCUT2D eigenvalue weighted by molar-refractivity contribution is -0.192. The topological polar surface area (TPSA) is 131 Å². The fraction of sp³-hybridized carbons (Fsp3) is 0.440. The Bertz CT molecular complexity index is 1080. The van der Waals surface area contributed by atoms with Gasteiger partial charge >= 0.3 is 18.2 Å². The van der Waals surface area contributed by atoms with E-state index in [1.54, 1.807) is 0 Å². The van der Waals surface area contributed by atoms with Crippen LogP contribution < -0.4 is 21.3 Å². The lowest BCUT2D eigenvalue weighted by atomic mass is 10.0. The Kier molecular flexibility index (Phi) is 10.2. The third-order valence-electron chi connectivity index (χ3n) is 6.39. The van der Waals surface area contributed by atoms with Crippen molar-refractivity contribution in [2.75, 3.05) is 36.4 Å². The second-order valence-corrected chi connectivity index (χ2v) is 9.67. The number of carbonyl (C=O) groups is 2. The third kappa shape index (κ3) is 8.76. The fourth-order valence-corrected chi connectivity index (χ4v) is 4.67. The highest BCUT2D eigenvalue weighted by Crippen LogP contribution is 2.29. The maximum Gasteiger partial charge on any atom is 0.490 e. The van der Waals surface area contributed by atoms with Crippen LogP contribution in [0.4, 0.5) is 29.3 Å². The van der Waals surface area contributed by atoms with E-state index >= 15 is 0 Å². The van der Waals surface area contributed by atoms with Crippen molar-refractivity contribution >= 4 is 35.0 Å². The number of carbonyl (C=O) groups excluding carboxylic acids is 1. The van der Waals surface area contributed by atoms with E-state index in [0.29, 0.717) is 24.8 Å². The van der Waals surface area contributed by atoms with Gasteiger partial charge in [0.1, 0.15) is 0 Å². The third-order valence-corrected chi connectivity index (χ3v) is 6.64. The minimum Gasteiger partial charge on any atom is -0.475 e. The number of primary amides is 1. The minimum atomic E-state index is -5.08. The Hall–Kier alpha value is -3.06. The van der Waals surface area contributed by atoms with Crippen LogP contribution in [0.15, 0.2) is 48.5 Å². The summed E-state index contributed by atoms with van der Waals surface area (Å²) in [6, 6.07) is 15.4. The number of nitrogens with one attached hydrogen (secondary N) is 2.